The highest BCUT2D eigenvalue weighted by molar-refractivity contribution is 6.30. The van der Waals surface area contributed by atoms with E-state index in [2.05, 4.69) is 5.43 Å². The van der Waals surface area contributed by atoms with E-state index in [4.69, 9.17) is 22.2 Å². The molecule has 2 rings (SSSR count). The Morgan fingerprint density at radius 1 is 1.06 bits per heavy atom. The number of benzene rings is 2. The van der Waals surface area contributed by atoms with Gasteiger partial charge in [0.2, 0.25) is 0 Å². The largest absolute Gasteiger partial charge is 0.492 e. The van der Waals surface area contributed by atoms with Crippen LogP contribution in [0, 0.1) is 0 Å². The first-order valence-corrected chi connectivity index (χ1v) is 6.07. The Hall–Kier alpha value is -1.55. The maximum Gasteiger partial charge on any atom is 0.119 e. The number of nitrogens with two attached hydrogens (primary N) is 1. The van der Waals surface area contributed by atoms with Gasteiger partial charge in [-0.1, -0.05) is 41.9 Å². The second-order valence-corrected chi connectivity index (χ2v) is 4.33. The van der Waals surface area contributed by atoms with E-state index in [1.807, 2.05) is 42.5 Å². The van der Waals surface area contributed by atoms with Crippen molar-refractivity contribution < 1.29 is 4.74 Å². The van der Waals surface area contributed by atoms with Crippen LogP contribution in [0.3, 0.4) is 0 Å². The first-order chi connectivity index (χ1) is 8.79. The summed E-state index contributed by atoms with van der Waals surface area (Å²) >= 11 is 5.81. The van der Waals surface area contributed by atoms with Crippen LogP contribution in [0.2, 0.25) is 5.02 Å². The van der Waals surface area contributed by atoms with E-state index in [1.54, 1.807) is 12.1 Å². The maximum absolute atomic E-state index is 5.81. The molecule has 0 bridgehead atoms. The van der Waals surface area contributed by atoms with E-state index in [0.717, 1.165) is 11.3 Å². The van der Waals surface area contributed by atoms with Gasteiger partial charge >= 0.3 is 0 Å². The highest BCUT2D eigenvalue weighted by atomic mass is 35.5. The molecule has 1 atom stereocenters. The zero-order chi connectivity index (χ0) is 12.8. The molecule has 0 spiro atoms. The molecule has 0 fully saturated rings. The van der Waals surface area contributed by atoms with Crippen molar-refractivity contribution in [2.24, 2.45) is 5.84 Å². The summed E-state index contributed by atoms with van der Waals surface area (Å²) in [4.78, 5) is 0. The lowest BCUT2D eigenvalue weighted by Crippen LogP contribution is -2.32. The van der Waals surface area contributed by atoms with Crippen LogP contribution in [0.15, 0.2) is 54.6 Å². The number of rotatable bonds is 5. The van der Waals surface area contributed by atoms with E-state index in [9.17, 15) is 0 Å². The van der Waals surface area contributed by atoms with Crippen molar-refractivity contribution in [1.29, 1.82) is 0 Å². The summed E-state index contributed by atoms with van der Waals surface area (Å²) < 4.78 is 5.67. The van der Waals surface area contributed by atoms with Crippen molar-refractivity contribution in [3.8, 4) is 5.75 Å². The zero-order valence-electron chi connectivity index (χ0n) is 9.84. The molecule has 0 saturated heterocycles. The van der Waals surface area contributed by atoms with Gasteiger partial charge in [-0.15, -0.1) is 0 Å². The maximum atomic E-state index is 5.81. The van der Waals surface area contributed by atoms with E-state index in [0.29, 0.717) is 11.6 Å². The predicted molar refractivity (Wildman–Crippen MR) is 73.5 cm³/mol. The first-order valence-electron chi connectivity index (χ1n) is 5.69. The van der Waals surface area contributed by atoms with Gasteiger partial charge in [-0.05, 0) is 29.8 Å². The van der Waals surface area contributed by atoms with Crippen LogP contribution in [-0.2, 0) is 0 Å². The summed E-state index contributed by atoms with van der Waals surface area (Å²) in [5.41, 5.74) is 3.84. The SMILES string of the molecule is NNC(COc1ccc(Cl)cc1)c1ccccc1. The molecule has 2 aromatic rings. The van der Waals surface area contributed by atoms with Gasteiger partial charge in [-0.3, -0.25) is 5.84 Å². The van der Waals surface area contributed by atoms with Gasteiger partial charge in [0.25, 0.3) is 0 Å². The highest BCUT2D eigenvalue weighted by Crippen LogP contribution is 2.18. The molecule has 18 heavy (non-hydrogen) atoms. The number of ether oxygens (including phenoxy) is 1. The smallest absolute Gasteiger partial charge is 0.119 e. The molecule has 2 aromatic carbocycles. The minimum Gasteiger partial charge on any atom is -0.492 e. The lowest BCUT2D eigenvalue weighted by Gasteiger charge is -2.17. The molecule has 0 aliphatic rings. The molecule has 0 aromatic heterocycles. The molecular formula is C14H15ClN2O. The first kappa shape index (κ1) is 12.9. The average Bonchev–Trinajstić information content (AvgIpc) is 2.43. The highest BCUT2D eigenvalue weighted by Gasteiger charge is 2.09. The normalized spacial score (nSPS) is 12.1. The third kappa shape index (κ3) is 3.47. The molecule has 94 valence electrons. The van der Waals surface area contributed by atoms with Crippen molar-refractivity contribution in [2.75, 3.05) is 6.61 Å². The van der Waals surface area contributed by atoms with Crippen LogP contribution in [0.5, 0.6) is 5.75 Å². The molecular weight excluding hydrogens is 248 g/mol. The Balaban J connectivity index is 1.97. The Morgan fingerprint density at radius 3 is 2.33 bits per heavy atom. The third-order valence-electron chi connectivity index (χ3n) is 2.63. The quantitative estimate of drug-likeness (QED) is 0.643. The molecule has 4 heteroatoms. The topological polar surface area (TPSA) is 47.3 Å². The van der Waals surface area contributed by atoms with Crippen molar-refractivity contribution >= 4 is 11.6 Å². The number of hydrazine groups is 1. The molecule has 3 N–H and O–H groups in total. The van der Waals surface area contributed by atoms with Crippen LogP contribution in [0.1, 0.15) is 11.6 Å². The molecule has 0 aliphatic carbocycles. The van der Waals surface area contributed by atoms with E-state index in [1.165, 1.54) is 0 Å². The van der Waals surface area contributed by atoms with E-state index >= 15 is 0 Å². The van der Waals surface area contributed by atoms with Crippen LogP contribution in [0.4, 0.5) is 0 Å². The Labute approximate surface area is 111 Å². The van der Waals surface area contributed by atoms with Gasteiger partial charge in [0.05, 0.1) is 6.04 Å². The van der Waals surface area contributed by atoms with Gasteiger partial charge in [0, 0.05) is 5.02 Å². The molecule has 0 heterocycles. The second-order valence-electron chi connectivity index (χ2n) is 3.89. The lowest BCUT2D eigenvalue weighted by molar-refractivity contribution is 0.267. The zero-order valence-corrected chi connectivity index (χ0v) is 10.6. The fraction of sp³-hybridized carbons (Fsp3) is 0.143. The molecule has 0 aliphatic heterocycles. The summed E-state index contributed by atoms with van der Waals surface area (Å²) in [5.74, 6) is 6.32. The van der Waals surface area contributed by atoms with Gasteiger partial charge in [-0.25, -0.2) is 5.43 Å². The molecule has 0 saturated carbocycles. The molecule has 0 radical (unpaired) electrons. The monoisotopic (exact) mass is 262 g/mol. The minimum atomic E-state index is -0.0399. The summed E-state index contributed by atoms with van der Waals surface area (Å²) in [7, 11) is 0. The standard InChI is InChI=1S/C14H15ClN2O/c15-12-6-8-13(9-7-12)18-10-14(17-16)11-4-2-1-3-5-11/h1-9,14,17H,10,16H2. The molecule has 1 unspecified atom stereocenters. The van der Waals surface area contributed by atoms with Crippen molar-refractivity contribution in [1.82, 2.24) is 5.43 Å². The number of halogens is 1. The van der Waals surface area contributed by atoms with Gasteiger partial charge in [0.1, 0.15) is 12.4 Å². The summed E-state index contributed by atoms with van der Waals surface area (Å²) in [6.45, 7) is 0.460. The fourth-order valence-electron chi connectivity index (χ4n) is 1.64. The fourth-order valence-corrected chi connectivity index (χ4v) is 1.76. The van der Waals surface area contributed by atoms with Crippen LogP contribution in [0.25, 0.3) is 0 Å². The lowest BCUT2D eigenvalue weighted by atomic mass is 10.1. The van der Waals surface area contributed by atoms with Gasteiger partial charge in [0.15, 0.2) is 0 Å². The summed E-state index contributed by atoms with van der Waals surface area (Å²) in [6, 6.07) is 17.2. The summed E-state index contributed by atoms with van der Waals surface area (Å²) in [6.07, 6.45) is 0. The third-order valence-corrected chi connectivity index (χ3v) is 2.89. The minimum absolute atomic E-state index is 0.0399. The Morgan fingerprint density at radius 2 is 1.72 bits per heavy atom. The van der Waals surface area contributed by atoms with E-state index < -0.39 is 0 Å². The van der Waals surface area contributed by atoms with Crippen molar-refractivity contribution in [2.45, 2.75) is 6.04 Å². The Bertz CT molecular complexity index is 473. The molecule has 0 amide bonds. The van der Waals surface area contributed by atoms with Gasteiger partial charge in [-0.2, -0.15) is 0 Å². The molecule has 3 nitrogen and oxygen atoms in total. The summed E-state index contributed by atoms with van der Waals surface area (Å²) in [5, 5.41) is 0.693. The second kappa shape index (κ2) is 6.40. The van der Waals surface area contributed by atoms with E-state index in [-0.39, 0.29) is 6.04 Å². The average molecular weight is 263 g/mol. The van der Waals surface area contributed by atoms with Crippen molar-refractivity contribution in [3.05, 3.63) is 65.2 Å². The Kier molecular flexibility index (Phi) is 4.59. The predicted octanol–water partition coefficient (Wildman–Crippen LogP) is 2.92. The van der Waals surface area contributed by atoms with Crippen LogP contribution < -0.4 is 16.0 Å². The van der Waals surface area contributed by atoms with Crippen molar-refractivity contribution in [3.63, 3.8) is 0 Å². The number of hydrogen-bond acceptors (Lipinski definition) is 3. The van der Waals surface area contributed by atoms with Crippen LogP contribution >= 0.6 is 11.6 Å². The number of hydrogen-bond donors (Lipinski definition) is 2. The number of nitrogens with one attached hydrogen (secondary N) is 1. The van der Waals surface area contributed by atoms with Gasteiger partial charge < -0.3 is 4.74 Å². The van der Waals surface area contributed by atoms with Crippen LogP contribution in [-0.4, -0.2) is 6.61 Å².